The lowest BCUT2D eigenvalue weighted by molar-refractivity contribution is 0.0696. The van der Waals surface area contributed by atoms with Crippen molar-refractivity contribution in [1.29, 1.82) is 0 Å². The number of carboxylic acids is 1. The van der Waals surface area contributed by atoms with Crippen LogP contribution in [0.5, 0.6) is 0 Å². The van der Waals surface area contributed by atoms with Gasteiger partial charge in [0.05, 0.1) is 5.56 Å². The number of aromatic nitrogens is 1. The largest absolute Gasteiger partial charge is 0.478 e. The van der Waals surface area contributed by atoms with Gasteiger partial charge in [0.15, 0.2) is 0 Å². The molecule has 1 aliphatic carbocycles. The summed E-state index contributed by atoms with van der Waals surface area (Å²) in [7, 11) is 0. The Morgan fingerprint density at radius 1 is 1.36 bits per heavy atom. The maximum Gasteiger partial charge on any atom is 0.335 e. The summed E-state index contributed by atoms with van der Waals surface area (Å²) in [6.45, 7) is 0.648. The summed E-state index contributed by atoms with van der Waals surface area (Å²) in [5.74, 6) is -0.254. The molecule has 1 saturated carbocycles. The van der Waals surface area contributed by atoms with Crippen LogP contribution in [0, 0.1) is 5.92 Å². The molecule has 0 amide bonds. The zero-order valence-corrected chi connectivity index (χ0v) is 13.6. The summed E-state index contributed by atoms with van der Waals surface area (Å²) in [6, 6.07) is 9.42. The van der Waals surface area contributed by atoms with Gasteiger partial charge in [0.25, 0.3) is 0 Å². The van der Waals surface area contributed by atoms with Crippen molar-refractivity contribution >= 4 is 21.9 Å². The molecule has 0 radical (unpaired) electrons. The highest BCUT2D eigenvalue weighted by molar-refractivity contribution is 9.10. The highest BCUT2D eigenvalue weighted by atomic mass is 79.9. The number of halogens is 1. The summed E-state index contributed by atoms with van der Waals surface area (Å²) >= 11 is 3.47. The summed E-state index contributed by atoms with van der Waals surface area (Å²) < 4.78 is 0.977. The second-order valence-electron chi connectivity index (χ2n) is 5.64. The zero-order valence-electron chi connectivity index (χ0n) is 12.0. The van der Waals surface area contributed by atoms with E-state index in [0.717, 1.165) is 10.0 Å². The van der Waals surface area contributed by atoms with E-state index in [9.17, 15) is 4.79 Å². The van der Waals surface area contributed by atoms with Gasteiger partial charge in [-0.25, -0.2) is 4.79 Å². The SMILES string of the molecule is O=C(O)c1cccc(CNC(c2cncc(Br)c2)C2CC2)c1. The monoisotopic (exact) mass is 360 g/mol. The standard InChI is InChI=1S/C17H17BrN2O2/c18-15-7-14(9-19-10-15)16(12-4-5-12)20-8-11-2-1-3-13(6-11)17(21)22/h1-3,6-7,9-10,12,16,20H,4-5,8H2,(H,21,22). The number of aromatic carboxylic acids is 1. The molecule has 22 heavy (non-hydrogen) atoms. The number of nitrogens with one attached hydrogen (secondary N) is 1. The average Bonchev–Trinajstić information content (AvgIpc) is 3.33. The highest BCUT2D eigenvalue weighted by Gasteiger charge is 2.32. The van der Waals surface area contributed by atoms with Crippen molar-refractivity contribution in [2.75, 3.05) is 0 Å². The van der Waals surface area contributed by atoms with Crippen molar-refractivity contribution < 1.29 is 9.90 Å². The average molecular weight is 361 g/mol. The van der Waals surface area contributed by atoms with E-state index in [1.54, 1.807) is 24.4 Å². The fraction of sp³-hybridized carbons (Fsp3) is 0.294. The number of rotatable bonds is 6. The van der Waals surface area contributed by atoms with Gasteiger partial charge in [0, 0.05) is 29.5 Å². The van der Waals surface area contributed by atoms with Crippen LogP contribution in [0.15, 0.2) is 47.2 Å². The van der Waals surface area contributed by atoms with E-state index in [4.69, 9.17) is 5.11 Å². The molecule has 1 atom stereocenters. The van der Waals surface area contributed by atoms with E-state index in [0.29, 0.717) is 18.0 Å². The molecule has 0 bridgehead atoms. The molecule has 1 aliphatic rings. The summed E-state index contributed by atoms with van der Waals surface area (Å²) in [5.41, 5.74) is 2.48. The molecule has 2 N–H and O–H groups in total. The number of pyridine rings is 1. The molecule has 2 aromatic rings. The molecular weight excluding hydrogens is 344 g/mol. The Kier molecular flexibility index (Phi) is 4.55. The van der Waals surface area contributed by atoms with E-state index < -0.39 is 5.97 Å². The van der Waals surface area contributed by atoms with Crippen molar-refractivity contribution in [2.45, 2.75) is 25.4 Å². The lowest BCUT2D eigenvalue weighted by Crippen LogP contribution is -2.23. The second-order valence-corrected chi connectivity index (χ2v) is 6.55. The van der Waals surface area contributed by atoms with E-state index in [1.165, 1.54) is 18.4 Å². The Morgan fingerprint density at radius 2 is 2.18 bits per heavy atom. The van der Waals surface area contributed by atoms with Gasteiger partial charge >= 0.3 is 5.97 Å². The first kappa shape index (κ1) is 15.2. The number of hydrogen-bond acceptors (Lipinski definition) is 3. The summed E-state index contributed by atoms with van der Waals surface area (Å²) in [5, 5.41) is 12.6. The molecule has 1 fully saturated rings. The molecular formula is C17H17BrN2O2. The minimum atomic E-state index is -0.892. The number of hydrogen-bond donors (Lipinski definition) is 2. The second kappa shape index (κ2) is 6.58. The minimum Gasteiger partial charge on any atom is -0.478 e. The molecule has 1 aromatic carbocycles. The first-order chi connectivity index (χ1) is 10.6. The van der Waals surface area contributed by atoms with Crippen LogP contribution in [0.1, 0.15) is 40.4 Å². The van der Waals surface area contributed by atoms with Crippen molar-refractivity contribution in [3.05, 3.63) is 63.9 Å². The predicted molar refractivity (Wildman–Crippen MR) is 87.6 cm³/mol. The van der Waals surface area contributed by atoms with E-state index >= 15 is 0 Å². The van der Waals surface area contributed by atoms with Crippen LogP contribution in [-0.2, 0) is 6.54 Å². The molecule has 1 heterocycles. The molecule has 3 rings (SSSR count). The first-order valence-electron chi connectivity index (χ1n) is 7.29. The van der Waals surface area contributed by atoms with Crippen LogP contribution in [-0.4, -0.2) is 16.1 Å². The molecule has 114 valence electrons. The molecule has 5 heteroatoms. The molecule has 0 aliphatic heterocycles. The number of carbonyl (C=O) groups is 1. The maximum atomic E-state index is 11.0. The van der Waals surface area contributed by atoms with Gasteiger partial charge in [-0.1, -0.05) is 12.1 Å². The summed E-state index contributed by atoms with van der Waals surface area (Å²) in [4.78, 5) is 15.3. The van der Waals surface area contributed by atoms with Crippen LogP contribution in [0.3, 0.4) is 0 Å². The van der Waals surface area contributed by atoms with Gasteiger partial charge in [-0.2, -0.15) is 0 Å². The third kappa shape index (κ3) is 3.72. The van der Waals surface area contributed by atoms with Crippen LogP contribution in [0.25, 0.3) is 0 Å². The number of nitrogens with zero attached hydrogens (tertiary/aromatic N) is 1. The molecule has 4 nitrogen and oxygen atoms in total. The van der Waals surface area contributed by atoms with Crippen molar-refractivity contribution in [2.24, 2.45) is 5.92 Å². The van der Waals surface area contributed by atoms with Crippen LogP contribution in [0.2, 0.25) is 0 Å². The van der Waals surface area contributed by atoms with Gasteiger partial charge in [0.1, 0.15) is 0 Å². The zero-order chi connectivity index (χ0) is 15.5. The maximum absolute atomic E-state index is 11.0. The molecule has 0 saturated heterocycles. The van der Waals surface area contributed by atoms with Gasteiger partial charge in [-0.05, 0) is 64.0 Å². The molecule has 1 aromatic heterocycles. The number of carboxylic acid groups (broad SMARTS) is 1. The lowest BCUT2D eigenvalue weighted by Gasteiger charge is -2.19. The van der Waals surface area contributed by atoms with Crippen LogP contribution < -0.4 is 5.32 Å². The summed E-state index contributed by atoms with van der Waals surface area (Å²) in [6.07, 6.45) is 6.12. The Hall–Kier alpha value is -1.72. The minimum absolute atomic E-state index is 0.262. The Balaban J connectivity index is 1.72. The predicted octanol–water partition coefficient (Wildman–Crippen LogP) is 3.78. The Morgan fingerprint density at radius 3 is 2.86 bits per heavy atom. The fourth-order valence-electron chi connectivity index (χ4n) is 2.63. The normalized spacial score (nSPS) is 15.5. The van der Waals surface area contributed by atoms with Crippen LogP contribution in [0.4, 0.5) is 0 Å². The van der Waals surface area contributed by atoms with Crippen LogP contribution >= 0.6 is 15.9 Å². The van der Waals surface area contributed by atoms with Crippen molar-refractivity contribution in [3.63, 3.8) is 0 Å². The van der Waals surface area contributed by atoms with Gasteiger partial charge in [-0.3, -0.25) is 4.98 Å². The topological polar surface area (TPSA) is 62.2 Å². The smallest absolute Gasteiger partial charge is 0.335 e. The number of benzene rings is 1. The van der Waals surface area contributed by atoms with Crippen molar-refractivity contribution in [1.82, 2.24) is 10.3 Å². The molecule has 0 spiro atoms. The van der Waals surface area contributed by atoms with E-state index in [1.807, 2.05) is 12.3 Å². The van der Waals surface area contributed by atoms with Gasteiger partial charge in [-0.15, -0.1) is 0 Å². The van der Waals surface area contributed by atoms with E-state index in [2.05, 4.69) is 32.3 Å². The first-order valence-corrected chi connectivity index (χ1v) is 8.09. The molecule has 1 unspecified atom stereocenters. The van der Waals surface area contributed by atoms with E-state index in [-0.39, 0.29) is 6.04 Å². The van der Waals surface area contributed by atoms with Crippen molar-refractivity contribution in [3.8, 4) is 0 Å². The highest BCUT2D eigenvalue weighted by Crippen LogP contribution is 2.41. The lowest BCUT2D eigenvalue weighted by atomic mass is 10.0. The fourth-order valence-corrected chi connectivity index (χ4v) is 3.01. The third-order valence-electron chi connectivity index (χ3n) is 3.88. The quantitative estimate of drug-likeness (QED) is 0.822. The van der Waals surface area contributed by atoms with Gasteiger partial charge < -0.3 is 10.4 Å². The third-order valence-corrected chi connectivity index (χ3v) is 4.31. The Bertz CT molecular complexity index is 686. The Labute approximate surface area is 137 Å². The van der Waals surface area contributed by atoms with Gasteiger partial charge in [0.2, 0.25) is 0 Å².